The van der Waals surface area contributed by atoms with Gasteiger partial charge < -0.3 is 15.6 Å². The molecule has 0 aliphatic heterocycles. The largest absolute Gasteiger partial charge is 0.416 e. The Morgan fingerprint density at radius 3 is 2.18 bits per heavy atom. The van der Waals surface area contributed by atoms with Crippen LogP contribution in [0.2, 0.25) is 0 Å². The van der Waals surface area contributed by atoms with Crippen molar-refractivity contribution >= 4 is 0 Å². The number of aliphatic hydroxyl groups is 1. The molecule has 102 valence electrons. The Morgan fingerprint density at radius 1 is 1.18 bits per heavy atom. The molecule has 0 saturated heterocycles. The molecular weight excluding hydrogens is 235 g/mol. The monoisotopic (exact) mass is 255 g/mol. The number of rotatable bonds is 4. The Morgan fingerprint density at radius 2 is 1.71 bits per heavy atom. The first-order chi connectivity index (χ1) is 7.83. The Labute approximate surface area is 99.1 Å². The van der Waals surface area contributed by atoms with Crippen LogP contribution in [-0.2, 0) is 4.74 Å². The fraction of sp³-hybridized carbons (Fsp3) is 1.00. The van der Waals surface area contributed by atoms with E-state index in [-0.39, 0.29) is 6.61 Å². The van der Waals surface area contributed by atoms with E-state index in [9.17, 15) is 13.2 Å². The zero-order valence-electron chi connectivity index (χ0n) is 9.80. The van der Waals surface area contributed by atoms with Gasteiger partial charge in [-0.2, -0.15) is 13.2 Å². The molecular formula is C11H20F3NO2. The number of ether oxygens (including phenoxy) is 1. The van der Waals surface area contributed by atoms with Crippen molar-refractivity contribution in [3.63, 3.8) is 0 Å². The molecule has 3 nitrogen and oxygen atoms in total. The van der Waals surface area contributed by atoms with E-state index in [0.717, 1.165) is 38.5 Å². The van der Waals surface area contributed by atoms with Crippen LogP contribution >= 0.6 is 0 Å². The van der Waals surface area contributed by atoms with Crippen molar-refractivity contribution in [1.29, 1.82) is 0 Å². The van der Waals surface area contributed by atoms with Gasteiger partial charge in [-0.1, -0.05) is 25.7 Å². The molecule has 0 amide bonds. The van der Waals surface area contributed by atoms with Crippen LogP contribution in [0, 0.1) is 0 Å². The average Bonchev–Trinajstić information content (AvgIpc) is 2.42. The molecule has 1 atom stereocenters. The zero-order valence-corrected chi connectivity index (χ0v) is 9.80. The first-order valence-corrected chi connectivity index (χ1v) is 5.95. The maximum atomic E-state index is 12.0. The van der Waals surface area contributed by atoms with Gasteiger partial charge in [-0.3, -0.25) is 0 Å². The minimum atomic E-state index is -4.62. The summed E-state index contributed by atoms with van der Waals surface area (Å²) in [6.45, 7) is -0.650. The molecule has 0 bridgehead atoms. The second kappa shape index (κ2) is 6.02. The fourth-order valence-electron chi connectivity index (χ4n) is 2.05. The molecule has 0 aromatic heterocycles. The third-order valence-electron chi connectivity index (χ3n) is 3.14. The van der Waals surface area contributed by atoms with Crippen molar-refractivity contribution in [2.45, 2.75) is 56.3 Å². The maximum absolute atomic E-state index is 12.0. The first-order valence-electron chi connectivity index (χ1n) is 5.95. The Bertz CT molecular complexity index is 225. The van der Waals surface area contributed by atoms with Crippen LogP contribution in [0.5, 0.6) is 0 Å². The molecule has 0 radical (unpaired) electrons. The Balaban J connectivity index is 2.29. The van der Waals surface area contributed by atoms with Gasteiger partial charge in [0.2, 0.25) is 0 Å². The number of nitrogens with two attached hydrogens (primary N) is 1. The molecule has 1 rings (SSSR count). The SMILES string of the molecule is NC1(COCC(O)C(F)(F)F)CCCCCC1. The fourth-order valence-corrected chi connectivity index (χ4v) is 2.05. The summed E-state index contributed by atoms with van der Waals surface area (Å²) in [5, 5.41) is 8.76. The van der Waals surface area contributed by atoms with Crippen LogP contribution in [0.25, 0.3) is 0 Å². The minimum Gasteiger partial charge on any atom is -0.382 e. The summed E-state index contributed by atoms with van der Waals surface area (Å²) in [7, 11) is 0. The lowest BCUT2D eigenvalue weighted by molar-refractivity contribution is -0.218. The lowest BCUT2D eigenvalue weighted by Gasteiger charge is -2.28. The molecule has 1 unspecified atom stereocenters. The molecule has 0 spiro atoms. The van der Waals surface area contributed by atoms with Crippen LogP contribution in [-0.4, -0.2) is 36.1 Å². The second-order valence-electron chi connectivity index (χ2n) is 4.85. The van der Waals surface area contributed by atoms with Crippen molar-refractivity contribution in [1.82, 2.24) is 0 Å². The normalized spacial score (nSPS) is 23.1. The van der Waals surface area contributed by atoms with Crippen LogP contribution in [0.1, 0.15) is 38.5 Å². The molecule has 1 saturated carbocycles. The van der Waals surface area contributed by atoms with Crippen molar-refractivity contribution in [2.75, 3.05) is 13.2 Å². The molecule has 17 heavy (non-hydrogen) atoms. The average molecular weight is 255 g/mol. The Kier molecular flexibility index (Phi) is 5.22. The first kappa shape index (κ1) is 14.7. The van der Waals surface area contributed by atoms with E-state index in [0.29, 0.717) is 0 Å². The van der Waals surface area contributed by atoms with E-state index >= 15 is 0 Å². The van der Waals surface area contributed by atoms with Gasteiger partial charge in [0.1, 0.15) is 0 Å². The van der Waals surface area contributed by atoms with Crippen molar-refractivity contribution in [2.24, 2.45) is 5.73 Å². The molecule has 0 heterocycles. The van der Waals surface area contributed by atoms with Gasteiger partial charge in [0.05, 0.1) is 13.2 Å². The summed E-state index contributed by atoms with van der Waals surface area (Å²) in [6, 6.07) is 0. The van der Waals surface area contributed by atoms with Gasteiger partial charge in [-0.25, -0.2) is 0 Å². The maximum Gasteiger partial charge on any atom is 0.416 e. The highest BCUT2D eigenvalue weighted by atomic mass is 19.4. The topological polar surface area (TPSA) is 55.5 Å². The number of hydrogen-bond donors (Lipinski definition) is 2. The van der Waals surface area contributed by atoms with Gasteiger partial charge in [-0.15, -0.1) is 0 Å². The van der Waals surface area contributed by atoms with E-state index in [2.05, 4.69) is 0 Å². The van der Waals surface area contributed by atoms with E-state index < -0.39 is 24.4 Å². The molecule has 0 aromatic rings. The van der Waals surface area contributed by atoms with Gasteiger partial charge in [-0.05, 0) is 12.8 Å². The highest BCUT2D eigenvalue weighted by Gasteiger charge is 2.38. The molecule has 1 aliphatic carbocycles. The van der Waals surface area contributed by atoms with Crippen LogP contribution in [0.15, 0.2) is 0 Å². The van der Waals surface area contributed by atoms with Crippen molar-refractivity contribution in [3.8, 4) is 0 Å². The lowest BCUT2D eigenvalue weighted by atomic mass is 9.93. The van der Waals surface area contributed by atoms with E-state index in [1.165, 1.54) is 0 Å². The van der Waals surface area contributed by atoms with E-state index in [1.807, 2.05) is 0 Å². The minimum absolute atomic E-state index is 0.0835. The summed E-state index contributed by atoms with van der Waals surface area (Å²) >= 11 is 0. The predicted octanol–water partition coefficient (Wildman–Crippen LogP) is 1.98. The van der Waals surface area contributed by atoms with E-state index in [4.69, 9.17) is 15.6 Å². The second-order valence-corrected chi connectivity index (χ2v) is 4.85. The summed E-state index contributed by atoms with van der Waals surface area (Å²) in [6.07, 6.45) is -1.29. The molecule has 1 aliphatic rings. The predicted molar refractivity (Wildman–Crippen MR) is 57.5 cm³/mol. The smallest absolute Gasteiger partial charge is 0.382 e. The van der Waals surface area contributed by atoms with Gasteiger partial charge in [0.25, 0.3) is 0 Å². The zero-order chi connectivity index (χ0) is 12.9. The number of halogens is 3. The van der Waals surface area contributed by atoms with Crippen LogP contribution < -0.4 is 5.73 Å². The standard InChI is InChI=1S/C11H20F3NO2/c12-11(13,14)9(16)7-17-8-10(15)5-3-1-2-4-6-10/h9,16H,1-8,15H2. The highest BCUT2D eigenvalue weighted by molar-refractivity contribution is 4.86. The molecule has 3 N–H and O–H groups in total. The number of alkyl halides is 3. The van der Waals surface area contributed by atoms with Gasteiger partial charge in [0.15, 0.2) is 6.10 Å². The quantitative estimate of drug-likeness (QED) is 0.755. The summed E-state index contributed by atoms with van der Waals surface area (Å²) in [5.74, 6) is 0. The summed E-state index contributed by atoms with van der Waals surface area (Å²) in [5.41, 5.74) is 5.54. The van der Waals surface area contributed by atoms with Crippen LogP contribution in [0.4, 0.5) is 13.2 Å². The number of hydrogen-bond acceptors (Lipinski definition) is 3. The third-order valence-corrected chi connectivity index (χ3v) is 3.14. The van der Waals surface area contributed by atoms with Crippen molar-refractivity contribution in [3.05, 3.63) is 0 Å². The summed E-state index contributed by atoms with van der Waals surface area (Å²) in [4.78, 5) is 0. The number of aliphatic hydroxyl groups excluding tert-OH is 1. The molecule has 6 heteroatoms. The van der Waals surface area contributed by atoms with Crippen molar-refractivity contribution < 1.29 is 23.0 Å². The van der Waals surface area contributed by atoms with E-state index in [1.54, 1.807) is 0 Å². The third kappa shape index (κ3) is 5.23. The van der Waals surface area contributed by atoms with Gasteiger partial charge in [0, 0.05) is 5.54 Å². The summed E-state index contributed by atoms with van der Waals surface area (Å²) < 4.78 is 41.0. The highest BCUT2D eigenvalue weighted by Crippen LogP contribution is 2.26. The molecule has 1 fully saturated rings. The van der Waals surface area contributed by atoms with Gasteiger partial charge >= 0.3 is 6.18 Å². The Hall–Kier alpha value is -0.330. The van der Waals surface area contributed by atoms with Crippen LogP contribution in [0.3, 0.4) is 0 Å². The molecule has 0 aromatic carbocycles. The lowest BCUT2D eigenvalue weighted by Crippen LogP contribution is -2.45.